The van der Waals surface area contributed by atoms with Gasteiger partial charge in [-0.2, -0.15) is 0 Å². The van der Waals surface area contributed by atoms with Gasteiger partial charge < -0.3 is 15.0 Å². The van der Waals surface area contributed by atoms with Gasteiger partial charge in [0, 0.05) is 18.0 Å². The van der Waals surface area contributed by atoms with Gasteiger partial charge in [0.1, 0.15) is 17.8 Å². The zero-order valence-corrected chi connectivity index (χ0v) is 17.2. The fourth-order valence-corrected chi connectivity index (χ4v) is 4.61. The summed E-state index contributed by atoms with van der Waals surface area (Å²) >= 11 is 1.64. The molecule has 4 amide bonds. The van der Waals surface area contributed by atoms with E-state index in [0.29, 0.717) is 13.1 Å². The first kappa shape index (κ1) is 21.2. The van der Waals surface area contributed by atoms with Crippen LogP contribution in [0.25, 0.3) is 0 Å². The molecule has 0 aliphatic carbocycles. The highest BCUT2D eigenvalue weighted by Gasteiger charge is 2.50. The molecule has 7 nitrogen and oxygen atoms in total. The van der Waals surface area contributed by atoms with Gasteiger partial charge in [0.05, 0.1) is 0 Å². The molecule has 1 aromatic carbocycles. The first-order chi connectivity index (χ1) is 14.6. The second-order valence-electron chi connectivity index (χ2n) is 7.45. The number of nitrogens with one attached hydrogen (secondary N) is 1. The number of fused-ring (bicyclic) bond motifs is 1. The summed E-state index contributed by atoms with van der Waals surface area (Å²) in [5, 5.41) is 4.50. The Kier molecular flexibility index (Phi) is 5.16. The third-order valence-electron chi connectivity index (χ3n) is 5.39. The Morgan fingerprint density at radius 1 is 1.23 bits per heavy atom. The number of imide groups is 1. The number of halogens is 3. The number of thiophene rings is 1. The van der Waals surface area contributed by atoms with Crippen molar-refractivity contribution in [3.8, 4) is 5.75 Å². The van der Waals surface area contributed by atoms with Crippen molar-refractivity contribution in [2.45, 2.75) is 31.8 Å². The van der Waals surface area contributed by atoms with Crippen molar-refractivity contribution >= 4 is 29.2 Å². The lowest BCUT2D eigenvalue weighted by molar-refractivity contribution is -0.274. The number of ether oxygens (including phenoxy) is 1. The summed E-state index contributed by atoms with van der Waals surface area (Å²) in [7, 11) is 0. The molecule has 1 aromatic heterocycles. The van der Waals surface area contributed by atoms with Gasteiger partial charge in [-0.1, -0.05) is 12.1 Å². The fourth-order valence-electron chi connectivity index (χ4n) is 3.72. The maximum Gasteiger partial charge on any atom is 0.573 e. The highest BCUT2D eigenvalue weighted by atomic mass is 32.1. The Morgan fingerprint density at radius 2 is 1.94 bits per heavy atom. The van der Waals surface area contributed by atoms with Crippen LogP contribution in [0, 0.1) is 0 Å². The normalized spacial score (nSPS) is 21.2. The number of alkyl halides is 3. The first-order valence-electron chi connectivity index (χ1n) is 9.40. The van der Waals surface area contributed by atoms with Crippen LogP contribution >= 0.6 is 11.3 Å². The zero-order valence-electron chi connectivity index (χ0n) is 16.4. The zero-order chi connectivity index (χ0) is 22.4. The number of carbonyl (C=O) groups excluding carboxylic acids is 3. The summed E-state index contributed by atoms with van der Waals surface area (Å²) in [6.45, 7) is 1.97. The highest BCUT2D eigenvalue weighted by molar-refractivity contribution is 7.10. The number of rotatable bonds is 4. The number of urea groups is 1. The van der Waals surface area contributed by atoms with Crippen LogP contribution in [-0.2, 0) is 28.1 Å². The van der Waals surface area contributed by atoms with Crippen molar-refractivity contribution in [1.82, 2.24) is 15.1 Å². The standard InChI is InChI=1S/C20H18F3N3O4S/c1-19(13-2-4-14(5-3-13)30-20(21,22)23)17(28)26(18(29)24-19)11-16(27)25-8-6-15-12(10-25)7-9-31-15/h2-5,7,9H,6,8,10-11H2,1H3,(H,24,29). The third-order valence-corrected chi connectivity index (χ3v) is 6.42. The van der Waals surface area contributed by atoms with Gasteiger partial charge in [0.15, 0.2) is 0 Å². The average Bonchev–Trinajstić information content (AvgIpc) is 3.25. The Labute approximate surface area is 179 Å². The summed E-state index contributed by atoms with van der Waals surface area (Å²) in [6.07, 6.45) is -4.11. The summed E-state index contributed by atoms with van der Waals surface area (Å²) in [5.41, 5.74) is -0.166. The lowest BCUT2D eigenvalue weighted by Crippen LogP contribution is -2.45. The molecule has 1 fully saturated rings. The number of carbonyl (C=O) groups is 3. The van der Waals surface area contributed by atoms with Crippen LogP contribution in [0.5, 0.6) is 5.75 Å². The lowest BCUT2D eigenvalue weighted by atomic mass is 9.92. The van der Waals surface area contributed by atoms with Crippen molar-refractivity contribution in [3.63, 3.8) is 0 Å². The second kappa shape index (κ2) is 7.56. The first-order valence-corrected chi connectivity index (χ1v) is 10.3. The molecule has 0 saturated carbocycles. The number of amides is 4. The van der Waals surface area contributed by atoms with Gasteiger partial charge in [0.2, 0.25) is 5.91 Å². The van der Waals surface area contributed by atoms with Crippen molar-refractivity contribution in [2.24, 2.45) is 0 Å². The summed E-state index contributed by atoms with van der Waals surface area (Å²) in [6, 6.07) is 5.89. The number of nitrogens with zero attached hydrogens (tertiary/aromatic N) is 2. The molecule has 2 aromatic rings. The van der Waals surface area contributed by atoms with Gasteiger partial charge in [-0.25, -0.2) is 4.79 Å². The molecule has 164 valence electrons. The molecule has 1 N–H and O–H groups in total. The molecule has 1 saturated heterocycles. The summed E-state index contributed by atoms with van der Waals surface area (Å²) in [5.74, 6) is -1.44. The van der Waals surface area contributed by atoms with Gasteiger partial charge >= 0.3 is 12.4 Å². The number of hydrogen-bond donors (Lipinski definition) is 1. The van der Waals surface area contributed by atoms with E-state index < -0.39 is 36.1 Å². The van der Waals surface area contributed by atoms with Crippen LogP contribution in [0.4, 0.5) is 18.0 Å². The van der Waals surface area contributed by atoms with E-state index in [9.17, 15) is 27.6 Å². The molecule has 2 aliphatic heterocycles. The molecule has 3 heterocycles. The molecular formula is C20H18F3N3O4S. The molecule has 2 aliphatic rings. The van der Waals surface area contributed by atoms with E-state index >= 15 is 0 Å². The van der Waals surface area contributed by atoms with Crippen LogP contribution in [0.1, 0.15) is 22.9 Å². The molecule has 0 bridgehead atoms. The maximum absolute atomic E-state index is 13.0. The monoisotopic (exact) mass is 453 g/mol. The van der Waals surface area contributed by atoms with Crippen LogP contribution in [0.2, 0.25) is 0 Å². The van der Waals surface area contributed by atoms with Gasteiger partial charge in [-0.15, -0.1) is 24.5 Å². The van der Waals surface area contributed by atoms with E-state index in [1.165, 1.54) is 23.9 Å². The minimum Gasteiger partial charge on any atom is -0.406 e. The Hall–Kier alpha value is -3.08. The predicted molar refractivity (Wildman–Crippen MR) is 104 cm³/mol. The second-order valence-corrected chi connectivity index (χ2v) is 8.45. The van der Waals surface area contributed by atoms with E-state index in [0.717, 1.165) is 29.0 Å². The van der Waals surface area contributed by atoms with E-state index in [1.54, 1.807) is 16.2 Å². The van der Waals surface area contributed by atoms with Crippen molar-refractivity contribution in [3.05, 3.63) is 51.7 Å². The van der Waals surface area contributed by atoms with Gasteiger partial charge in [-0.3, -0.25) is 14.5 Å². The molecule has 11 heteroatoms. The largest absolute Gasteiger partial charge is 0.573 e. The van der Waals surface area contributed by atoms with Crippen LogP contribution < -0.4 is 10.1 Å². The van der Waals surface area contributed by atoms with Crippen LogP contribution in [0.15, 0.2) is 35.7 Å². The van der Waals surface area contributed by atoms with Crippen molar-refractivity contribution in [1.29, 1.82) is 0 Å². The molecule has 1 unspecified atom stereocenters. The molecular weight excluding hydrogens is 435 g/mol. The van der Waals surface area contributed by atoms with E-state index in [1.807, 2.05) is 11.4 Å². The fraction of sp³-hybridized carbons (Fsp3) is 0.350. The topological polar surface area (TPSA) is 79.0 Å². The average molecular weight is 453 g/mol. The highest BCUT2D eigenvalue weighted by Crippen LogP contribution is 2.32. The molecule has 1 atom stereocenters. The van der Waals surface area contributed by atoms with E-state index in [4.69, 9.17) is 0 Å². The van der Waals surface area contributed by atoms with Crippen LogP contribution in [0.3, 0.4) is 0 Å². The summed E-state index contributed by atoms with van der Waals surface area (Å²) < 4.78 is 40.9. The van der Waals surface area contributed by atoms with Crippen LogP contribution in [-0.4, -0.2) is 47.1 Å². The Morgan fingerprint density at radius 3 is 2.61 bits per heavy atom. The summed E-state index contributed by atoms with van der Waals surface area (Å²) in [4.78, 5) is 41.8. The Bertz CT molecular complexity index is 1040. The van der Waals surface area contributed by atoms with Crippen molar-refractivity contribution in [2.75, 3.05) is 13.1 Å². The molecule has 0 radical (unpaired) electrons. The molecule has 4 rings (SSSR count). The Balaban J connectivity index is 1.46. The van der Waals surface area contributed by atoms with Gasteiger partial charge in [-0.05, 0) is 48.1 Å². The number of benzene rings is 1. The van der Waals surface area contributed by atoms with Crippen molar-refractivity contribution < 1.29 is 32.3 Å². The predicted octanol–water partition coefficient (Wildman–Crippen LogP) is 3.00. The lowest BCUT2D eigenvalue weighted by Gasteiger charge is -2.28. The number of hydrogen-bond acceptors (Lipinski definition) is 5. The molecule has 31 heavy (non-hydrogen) atoms. The minimum absolute atomic E-state index is 0.274. The molecule has 0 spiro atoms. The SMILES string of the molecule is CC1(c2ccc(OC(F)(F)F)cc2)NC(=O)N(CC(=O)N2CCc3sccc3C2)C1=O. The minimum atomic E-state index is -4.84. The maximum atomic E-state index is 13.0. The van der Waals surface area contributed by atoms with E-state index in [-0.39, 0.29) is 11.5 Å². The van der Waals surface area contributed by atoms with E-state index in [2.05, 4.69) is 10.1 Å². The van der Waals surface area contributed by atoms with Gasteiger partial charge in [0.25, 0.3) is 5.91 Å². The quantitative estimate of drug-likeness (QED) is 0.722. The third kappa shape index (κ3) is 4.09. The smallest absolute Gasteiger partial charge is 0.406 e.